The first kappa shape index (κ1) is 19.9. The second kappa shape index (κ2) is 8.32. The van der Waals surface area contributed by atoms with Crippen molar-refractivity contribution in [1.29, 1.82) is 0 Å². The van der Waals surface area contributed by atoms with E-state index in [0.29, 0.717) is 11.6 Å². The first-order valence-electron chi connectivity index (χ1n) is 11.0. The largest absolute Gasteiger partial charge is 0.341 e. The van der Waals surface area contributed by atoms with Crippen molar-refractivity contribution < 1.29 is 0 Å². The van der Waals surface area contributed by atoms with Crippen molar-refractivity contribution in [1.82, 2.24) is 39.9 Å². The first-order chi connectivity index (χ1) is 16.8. The van der Waals surface area contributed by atoms with Gasteiger partial charge in [0.2, 0.25) is 0 Å². The molecule has 2 N–H and O–H groups in total. The van der Waals surface area contributed by atoms with Crippen molar-refractivity contribution in [2.45, 2.75) is 12.8 Å². The summed E-state index contributed by atoms with van der Waals surface area (Å²) >= 11 is 0. The summed E-state index contributed by atoms with van der Waals surface area (Å²) in [6.45, 7) is 1.99. The summed E-state index contributed by atoms with van der Waals surface area (Å²) in [5.41, 5.74) is 5.46. The third-order valence-corrected chi connectivity index (χ3v) is 5.62. The zero-order chi connectivity index (χ0) is 22.9. The molecule has 0 radical (unpaired) electrons. The fourth-order valence-electron chi connectivity index (χ4n) is 4.02. The number of benzene rings is 2. The number of aromatic nitrogens is 8. The van der Waals surface area contributed by atoms with Crippen LogP contribution in [0.25, 0.3) is 44.8 Å². The lowest BCUT2D eigenvalue weighted by Gasteiger charge is -2.06. The van der Waals surface area contributed by atoms with Crippen molar-refractivity contribution in [2.75, 3.05) is 0 Å². The van der Waals surface area contributed by atoms with Crippen molar-refractivity contribution in [3.05, 3.63) is 97.1 Å². The van der Waals surface area contributed by atoms with Gasteiger partial charge in [-0.05, 0) is 55.5 Å². The van der Waals surface area contributed by atoms with E-state index in [1.54, 1.807) is 36.9 Å². The molecule has 4 heterocycles. The monoisotopic (exact) mass is 444 g/mol. The third-order valence-electron chi connectivity index (χ3n) is 5.62. The molecule has 6 aromatic rings. The van der Waals surface area contributed by atoms with E-state index in [-0.39, 0.29) is 5.92 Å². The molecule has 34 heavy (non-hydrogen) atoms. The Morgan fingerprint density at radius 3 is 1.59 bits per heavy atom. The normalized spacial score (nSPS) is 11.8. The number of H-pyrrole nitrogens is 2. The molecule has 0 amide bonds. The van der Waals surface area contributed by atoms with Crippen molar-refractivity contribution >= 4 is 22.1 Å². The zero-order valence-electron chi connectivity index (χ0n) is 18.3. The van der Waals surface area contributed by atoms with Crippen LogP contribution in [0.5, 0.6) is 0 Å². The van der Waals surface area contributed by atoms with Crippen molar-refractivity contribution in [3.63, 3.8) is 0 Å². The molecule has 0 spiro atoms. The van der Waals surface area contributed by atoms with Gasteiger partial charge in [-0.15, -0.1) is 0 Å². The second-order valence-corrected chi connectivity index (χ2v) is 7.86. The van der Waals surface area contributed by atoms with E-state index in [0.717, 1.165) is 44.8 Å². The van der Waals surface area contributed by atoms with Gasteiger partial charge < -0.3 is 9.97 Å². The minimum absolute atomic E-state index is 0.155. The molecule has 0 fully saturated rings. The Hall–Kier alpha value is -4.72. The summed E-state index contributed by atoms with van der Waals surface area (Å²) in [5, 5.41) is 0. The highest BCUT2D eigenvalue weighted by Crippen LogP contribution is 2.29. The first-order valence-corrected chi connectivity index (χ1v) is 11.0. The number of aromatic amines is 2. The number of hydrogen-bond acceptors (Lipinski definition) is 6. The van der Waals surface area contributed by atoms with E-state index in [2.05, 4.69) is 36.0 Å². The summed E-state index contributed by atoms with van der Waals surface area (Å²) in [7, 11) is 0. The Morgan fingerprint density at radius 1 is 0.676 bits per heavy atom. The van der Waals surface area contributed by atoms with Crippen LogP contribution in [0.4, 0.5) is 0 Å². The van der Waals surface area contributed by atoms with Crippen LogP contribution in [0.15, 0.2) is 85.5 Å². The quantitative estimate of drug-likeness (QED) is 0.360. The Labute approximate surface area is 194 Å². The molecule has 0 aliphatic heterocycles. The summed E-state index contributed by atoms with van der Waals surface area (Å²) in [4.78, 5) is 34.1. The van der Waals surface area contributed by atoms with Crippen LogP contribution in [-0.4, -0.2) is 39.9 Å². The van der Waals surface area contributed by atoms with Crippen LogP contribution >= 0.6 is 0 Å². The molecular formula is C26H20N8. The smallest absolute Gasteiger partial charge is 0.159 e. The molecule has 2 aromatic carbocycles. The summed E-state index contributed by atoms with van der Waals surface area (Å²) in [6.07, 6.45) is 11.0. The Bertz CT molecular complexity index is 1500. The minimum atomic E-state index is -0.155. The van der Waals surface area contributed by atoms with E-state index >= 15 is 0 Å². The number of hydrogen-bond donors (Lipinski definition) is 2. The maximum Gasteiger partial charge on any atom is 0.159 e. The number of allylic oxidation sites excluding steroid dienone is 2. The summed E-state index contributed by atoms with van der Waals surface area (Å²) < 4.78 is 0. The van der Waals surface area contributed by atoms with Gasteiger partial charge in [0.1, 0.15) is 11.6 Å². The predicted octanol–water partition coefficient (Wildman–Crippen LogP) is 5.06. The Morgan fingerprint density at radius 2 is 1.15 bits per heavy atom. The fourth-order valence-corrected chi connectivity index (χ4v) is 4.02. The lowest BCUT2D eigenvalue weighted by molar-refractivity contribution is 0.857. The van der Waals surface area contributed by atoms with Gasteiger partial charge in [-0.1, -0.05) is 12.2 Å². The molecule has 0 bridgehead atoms. The second-order valence-electron chi connectivity index (χ2n) is 7.86. The number of imidazole rings is 2. The number of fused-ring (bicyclic) bond motifs is 2. The van der Waals surface area contributed by atoms with Crippen LogP contribution in [0.2, 0.25) is 0 Å². The Kier molecular flexibility index (Phi) is 4.88. The highest BCUT2D eigenvalue weighted by Gasteiger charge is 2.20. The molecule has 8 heteroatoms. The fraction of sp³-hybridized carbons (Fsp3) is 0.0769. The van der Waals surface area contributed by atoms with Crippen LogP contribution in [0.3, 0.4) is 0 Å². The van der Waals surface area contributed by atoms with Crippen LogP contribution in [-0.2, 0) is 0 Å². The molecule has 0 saturated heterocycles. The lowest BCUT2D eigenvalue weighted by Crippen LogP contribution is -2.02. The van der Waals surface area contributed by atoms with Crippen molar-refractivity contribution in [3.8, 4) is 22.8 Å². The summed E-state index contributed by atoms with van der Waals surface area (Å²) in [5.74, 6) is 2.82. The zero-order valence-corrected chi connectivity index (χ0v) is 18.3. The standard InChI is InChI=1S/C26H20N8/c1-2-5-18(25-31-19-8-6-16(14-21(19)33-25)23-27-10-3-11-28-23)26-32-20-9-7-17(15-22(20)34-26)24-29-12-4-13-30-24/h2-15,18H,1H3,(H,31,33)(H,32,34). The predicted molar refractivity (Wildman–Crippen MR) is 131 cm³/mol. The average Bonchev–Trinajstić information content (AvgIpc) is 3.51. The minimum Gasteiger partial charge on any atom is -0.341 e. The molecule has 6 rings (SSSR count). The number of nitrogens with one attached hydrogen (secondary N) is 2. The van der Waals surface area contributed by atoms with Gasteiger partial charge in [-0.3, -0.25) is 0 Å². The Balaban J connectivity index is 1.39. The van der Waals surface area contributed by atoms with E-state index in [1.165, 1.54) is 0 Å². The van der Waals surface area contributed by atoms with Gasteiger partial charge >= 0.3 is 0 Å². The molecule has 0 saturated carbocycles. The molecule has 0 atom stereocenters. The molecule has 0 aliphatic carbocycles. The summed E-state index contributed by atoms with van der Waals surface area (Å²) in [6, 6.07) is 15.6. The van der Waals surface area contributed by atoms with E-state index in [4.69, 9.17) is 9.97 Å². The van der Waals surface area contributed by atoms with Crippen molar-refractivity contribution in [2.24, 2.45) is 0 Å². The topological polar surface area (TPSA) is 109 Å². The van der Waals surface area contributed by atoms with Gasteiger partial charge in [0, 0.05) is 35.9 Å². The molecule has 8 nitrogen and oxygen atoms in total. The molecule has 4 aromatic heterocycles. The molecule has 0 unspecified atom stereocenters. The molecule has 0 aliphatic rings. The maximum atomic E-state index is 4.89. The number of nitrogens with zero attached hydrogens (tertiary/aromatic N) is 6. The lowest BCUT2D eigenvalue weighted by atomic mass is 10.1. The highest BCUT2D eigenvalue weighted by molar-refractivity contribution is 5.82. The van der Waals surface area contributed by atoms with E-state index in [9.17, 15) is 0 Å². The van der Waals surface area contributed by atoms with Crippen LogP contribution in [0.1, 0.15) is 24.5 Å². The van der Waals surface area contributed by atoms with E-state index in [1.807, 2.05) is 49.4 Å². The average molecular weight is 445 g/mol. The van der Waals surface area contributed by atoms with Gasteiger partial charge in [-0.2, -0.15) is 0 Å². The van der Waals surface area contributed by atoms with Gasteiger partial charge in [0.05, 0.1) is 28.0 Å². The van der Waals surface area contributed by atoms with Crippen LogP contribution < -0.4 is 0 Å². The molecule has 164 valence electrons. The van der Waals surface area contributed by atoms with E-state index < -0.39 is 0 Å². The SMILES string of the molecule is CC=CC(c1nc2cc(-c3ncccn3)ccc2[nH]1)c1nc2cc(-c3ncccn3)ccc2[nH]1. The maximum absolute atomic E-state index is 4.89. The van der Waals surface area contributed by atoms with Gasteiger partial charge in [0.15, 0.2) is 11.6 Å². The van der Waals surface area contributed by atoms with Gasteiger partial charge in [0.25, 0.3) is 0 Å². The van der Waals surface area contributed by atoms with Gasteiger partial charge in [-0.25, -0.2) is 29.9 Å². The number of rotatable bonds is 5. The third kappa shape index (κ3) is 3.61. The van der Waals surface area contributed by atoms with Crippen LogP contribution in [0, 0.1) is 0 Å². The molecular weight excluding hydrogens is 424 g/mol. The highest BCUT2D eigenvalue weighted by atomic mass is 15.0.